The van der Waals surface area contributed by atoms with E-state index in [9.17, 15) is 0 Å². The first-order valence-corrected chi connectivity index (χ1v) is 2.65. The van der Waals surface area contributed by atoms with Gasteiger partial charge in [-0.15, -0.1) is 5.84 Å². The molecule has 1 heterocycles. The standard InChI is InChI=1S/C5H8N4/c1-4-3-5(2)8-9(6)7-4/h3,6H,1-2H3. The molecule has 1 aromatic heterocycles. The predicted octanol–water partition coefficient (Wildman–Crippen LogP) is 0.196. The Hall–Kier alpha value is -1.19. The molecule has 0 saturated carbocycles. The number of nitrogens with zero attached hydrogens (tertiary/aromatic N) is 3. The molecular weight excluding hydrogens is 116 g/mol. The van der Waals surface area contributed by atoms with E-state index < -0.39 is 0 Å². The highest BCUT2D eigenvalue weighted by Crippen LogP contribution is 1.88. The Kier molecular flexibility index (Phi) is 1.30. The number of nitrogens with one attached hydrogen (secondary N) is 1. The van der Waals surface area contributed by atoms with Crippen molar-refractivity contribution < 1.29 is 4.91 Å². The van der Waals surface area contributed by atoms with Gasteiger partial charge >= 0.3 is 0 Å². The molecule has 4 heteroatoms. The quantitative estimate of drug-likeness (QED) is 0.464. The molecule has 48 valence electrons. The third-order valence-corrected chi connectivity index (χ3v) is 0.923. The second kappa shape index (κ2) is 1.97. The Morgan fingerprint density at radius 3 is 2.11 bits per heavy atom. The summed E-state index contributed by atoms with van der Waals surface area (Å²) in [4.78, 5) is 0.824. The average Bonchev–Trinajstić information content (AvgIpc) is 1.59. The predicted molar refractivity (Wildman–Crippen MR) is 31.4 cm³/mol. The van der Waals surface area contributed by atoms with Gasteiger partial charge in [0, 0.05) is 11.4 Å². The molecule has 0 unspecified atom stereocenters. The van der Waals surface area contributed by atoms with Gasteiger partial charge in [0.15, 0.2) is 0 Å². The molecule has 9 heavy (non-hydrogen) atoms. The summed E-state index contributed by atoms with van der Waals surface area (Å²) in [5, 5.41) is 7.41. The maximum absolute atomic E-state index is 6.97. The Morgan fingerprint density at radius 2 is 1.78 bits per heavy atom. The topological polar surface area (TPSA) is 53.5 Å². The highest BCUT2D eigenvalue weighted by atomic mass is 15.6. The van der Waals surface area contributed by atoms with Crippen molar-refractivity contribution in [2.75, 3.05) is 0 Å². The van der Waals surface area contributed by atoms with E-state index in [1.807, 2.05) is 19.9 Å². The largest absolute Gasteiger partial charge is 0.143 e. The molecular formula is C5H8N4. The van der Waals surface area contributed by atoms with E-state index in [0.29, 0.717) is 0 Å². The van der Waals surface area contributed by atoms with E-state index in [2.05, 4.69) is 10.2 Å². The second-order valence-corrected chi connectivity index (χ2v) is 1.92. The molecule has 0 aliphatic rings. The van der Waals surface area contributed by atoms with Crippen molar-refractivity contribution >= 4 is 0 Å². The summed E-state index contributed by atoms with van der Waals surface area (Å²) in [6.07, 6.45) is 0. The Morgan fingerprint density at radius 1 is 1.33 bits per heavy atom. The van der Waals surface area contributed by atoms with Crippen LogP contribution in [0.4, 0.5) is 0 Å². The monoisotopic (exact) mass is 124 g/mol. The summed E-state index contributed by atoms with van der Waals surface area (Å²) in [5.41, 5.74) is 1.63. The van der Waals surface area contributed by atoms with E-state index >= 15 is 0 Å². The van der Waals surface area contributed by atoms with Crippen molar-refractivity contribution in [3.63, 3.8) is 0 Å². The lowest BCUT2D eigenvalue weighted by atomic mass is 10.4. The third kappa shape index (κ3) is 1.35. The van der Waals surface area contributed by atoms with Crippen molar-refractivity contribution in [3.05, 3.63) is 23.3 Å². The zero-order valence-electron chi connectivity index (χ0n) is 5.42. The van der Waals surface area contributed by atoms with Crippen molar-refractivity contribution in [3.8, 4) is 0 Å². The van der Waals surface area contributed by atoms with Gasteiger partial charge in [0.05, 0.1) is 0 Å². The lowest BCUT2D eigenvalue weighted by molar-refractivity contribution is -0.730. The fraction of sp³-hybridized carbons (Fsp3) is 0.400. The molecule has 0 aromatic carbocycles. The fourth-order valence-electron chi connectivity index (χ4n) is 0.681. The minimum absolute atomic E-state index is 0.817. The molecule has 1 N–H and O–H groups in total. The number of rotatable bonds is 0. The molecule has 0 aliphatic heterocycles. The normalized spacial score (nSPS) is 9.56. The number of aromatic nitrogens is 3. The van der Waals surface area contributed by atoms with Crippen LogP contribution < -0.4 is 4.91 Å². The summed E-state index contributed by atoms with van der Waals surface area (Å²) in [6.45, 7) is 3.67. The Bertz CT molecular complexity index is 170. The van der Waals surface area contributed by atoms with Gasteiger partial charge in [0.2, 0.25) is 0 Å². The van der Waals surface area contributed by atoms with Gasteiger partial charge in [-0.2, -0.15) is 0 Å². The number of hydrogen-bond acceptors (Lipinski definition) is 2. The number of aryl methyl sites for hydroxylation is 2. The van der Waals surface area contributed by atoms with E-state index in [1.165, 1.54) is 0 Å². The molecule has 0 amide bonds. The average molecular weight is 124 g/mol. The van der Waals surface area contributed by atoms with Crippen LogP contribution in [-0.2, 0) is 0 Å². The molecule has 1 aromatic rings. The first-order valence-electron chi connectivity index (χ1n) is 2.65. The maximum atomic E-state index is 6.97. The van der Waals surface area contributed by atoms with E-state index in [0.717, 1.165) is 16.3 Å². The SMILES string of the molecule is Cc1cc(C)n[n+]([NH-])n1. The minimum atomic E-state index is 0.817. The summed E-state index contributed by atoms with van der Waals surface area (Å²) in [6, 6.07) is 1.82. The van der Waals surface area contributed by atoms with Crippen LogP contribution >= 0.6 is 0 Å². The first kappa shape index (κ1) is 5.94. The van der Waals surface area contributed by atoms with Gasteiger partial charge in [-0.3, -0.25) is 0 Å². The second-order valence-electron chi connectivity index (χ2n) is 1.92. The first-order chi connectivity index (χ1) is 4.18. The summed E-state index contributed by atoms with van der Waals surface area (Å²) in [5.74, 6) is 6.97. The van der Waals surface area contributed by atoms with Gasteiger partial charge in [0.1, 0.15) is 0 Å². The summed E-state index contributed by atoms with van der Waals surface area (Å²) >= 11 is 0. The molecule has 0 saturated heterocycles. The van der Waals surface area contributed by atoms with E-state index in [-0.39, 0.29) is 0 Å². The number of hydrogen-bond donors (Lipinski definition) is 0. The van der Waals surface area contributed by atoms with Crippen molar-refractivity contribution in [2.24, 2.45) is 0 Å². The smallest absolute Gasteiger partial charge is 0.0328 e. The Balaban J connectivity index is 3.17. The van der Waals surface area contributed by atoms with Crippen LogP contribution in [0.3, 0.4) is 0 Å². The van der Waals surface area contributed by atoms with Crippen molar-refractivity contribution in [2.45, 2.75) is 13.8 Å². The zero-order chi connectivity index (χ0) is 6.85. The van der Waals surface area contributed by atoms with Gasteiger partial charge in [0.25, 0.3) is 0 Å². The lowest BCUT2D eigenvalue weighted by Gasteiger charge is -1.94. The van der Waals surface area contributed by atoms with Gasteiger partial charge < -0.3 is 0 Å². The molecule has 1 rings (SSSR count). The van der Waals surface area contributed by atoms with Gasteiger partial charge in [-0.25, -0.2) is 0 Å². The Labute approximate surface area is 53.3 Å². The highest BCUT2D eigenvalue weighted by molar-refractivity contribution is 4.99. The molecule has 0 bridgehead atoms. The fourth-order valence-corrected chi connectivity index (χ4v) is 0.681. The van der Waals surface area contributed by atoms with Crippen LogP contribution in [0, 0.1) is 13.8 Å². The van der Waals surface area contributed by atoms with E-state index in [1.54, 1.807) is 0 Å². The molecule has 4 nitrogen and oxygen atoms in total. The van der Waals surface area contributed by atoms with Crippen LogP contribution in [0.2, 0.25) is 0 Å². The van der Waals surface area contributed by atoms with Crippen LogP contribution in [-0.4, -0.2) is 10.2 Å². The van der Waals surface area contributed by atoms with Gasteiger partial charge in [-0.05, 0) is 24.8 Å². The molecule has 0 aliphatic carbocycles. The van der Waals surface area contributed by atoms with Crippen LogP contribution in [0.25, 0.3) is 5.84 Å². The van der Waals surface area contributed by atoms with Crippen LogP contribution in [0.15, 0.2) is 6.07 Å². The molecule has 0 atom stereocenters. The molecule has 0 spiro atoms. The molecule has 0 radical (unpaired) electrons. The van der Waals surface area contributed by atoms with Crippen molar-refractivity contribution in [1.82, 2.24) is 10.2 Å². The third-order valence-electron chi connectivity index (χ3n) is 0.923. The zero-order valence-corrected chi connectivity index (χ0v) is 5.42. The lowest BCUT2D eigenvalue weighted by Crippen LogP contribution is -2.34. The molecule has 0 fully saturated rings. The van der Waals surface area contributed by atoms with Gasteiger partial charge in [-0.1, -0.05) is 10.2 Å². The van der Waals surface area contributed by atoms with Crippen LogP contribution in [0.5, 0.6) is 0 Å². The highest BCUT2D eigenvalue weighted by Gasteiger charge is 1.89. The van der Waals surface area contributed by atoms with Crippen molar-refractivity contribution in [1.29, 1.82) is 0 Å². The maximum Gasteiger partial charge on any atom is 0.0328 e. The summed E-state index contributed by atoms with van der Waals surface area (Å²) < 4.78 is 0. The van der Waals surface area contributed by atoms with Crippen LogP contribution in [0.1, 0.15) is 11.4 Å². The summed E-state index contributed by atoms with van der Waals surface area (Å²) in [7, 11) is 0. The minimum Gasteiger partial charge on any atom is -0.143 e. The van der Waals surface area contributed by atoms with E-state index in [4.69, 9.17) is 5.84 Å².